The van der Waals surface area contributed by atoms with Crippen molar-refractivity contribution in [3.8, 4) is 0 Å². The Balaban J connectivity index is 0.00000200. The van der Waals surface area contributed by atoms with Crippen LogP contribution in [0.15, 0.2) is 30.3 Å². The van der Waals surface area contributed by atoms with Crippen LogP contribution < -0.4 is 11.1 Å². The van der Waals surface area contributed by atoms with E-state index in [0.717, 1.165) is 32.2 Å². The first-order chi connectivity index (χ1) is 9.20. The van der Waals surface area contributed by atoms with E-state index in [1.807, 2.05) is 6.07 Å². The number of halogens is 1. The van der Waals surface area contributed by atoms with Gasteiger partial charge in [-0.25, -0.2) is 0 Å². The van der Waals surface area contributed by atoms with Gasteiger partial charge in [-0.1, -0.05) is 37.3 Å². The summed E-state index contributed by atoms with van der Waals surface area (Å²) in [6, 6.07) is 10.6. The lowest BCUT2D eigenvalue weighted by Crippen LogP contribution is -2.33. The van der Waals surface area contributed by atoms with E-state index in [1.54, 1.807) is 0 Å². The van der Waals surface area contributed by atoms with Crippen molar-refractivity contribution in [1.29, 1.82) is 0 Å². The molecule has 1 amide bonds. The second-order valence-electron chi connectivity index (χ2n) is 5.53. The summed E-state index contributed by atoms with van der Waals surface area (Å²) in [7, 11) is 0. The molecule has 1 aromatic carbocycles. The normalized spacial score (nSPS) is 22.9. The maximum Gasteiger partial charge on any atom is 0.223 e. The molecule has 3 nitrogen and oxygen atoms in total. The van der Waals surface area contributed by atoms with Crippen molar-refractivity contribution in [2.75, 3.05) is 6.54 Å². The Morgan fingerprint density at radius 3 is 2.60 bits per heavy atom. The van der Waals surface area contributed by atoms with E-state index in [4.69, 9.17) is 5.73 Å². The average Bonchev–Trinajstić information content (AvgIpc) is 2.87. The fourth-order valence-corrected chi connectivity index (χ4v) is 2.85. The predicted molar refractivity (Wildman–Crippen MR) is 85.0 cm³/mol. The van der Waals surface area contributed by atoms with Crippen molar-refractivity contribution in [2.45, 2.75) is 44.6 Å². The maximum absolute atomic E-state index is 12.1. The zero-order chi connectivity index (χ0) is 13.7. The third kappa shape index (κ3) is 4.50. The molecule has 1 aliphatic rings. The monoisotopic (exact) mass is 296 g/mol. The predicted octanol–water partition coefficient (Wildman–Crippen LogP) is 2.85. The van der Waals surface area contributed by atoms with Crippen LogP contribution in [0, 0.1) is 5.92 Å². The molecule has 0 aromatic heterocycles. The van der Waals surface area contributed by atoms with Crippen molar-refractivity contribution in [2.24, 2.45) is 11.7 Å². The topological polar surface area (TPSA) is 55.1 Å². The Morgan fingerprint density at radius 1 is 1.35 bits per heavy atom. The third-order valence-corrected chi connectivity index (χ3v) is 4.13. The van der Waals surface area contributed by atoms with E-state index < -0.39 is 0 Å². The fraction of sp³-hybridized carbons (Fsp3) is 0.562. The highest BCUT2D eigenvalue weighted by Gasteiger charge is 2.27. The fourth-order valence-electron chi connectivity index (χ4n) is 2.85. The Kier molecular flexibility index (Phi) is 7.03. The van der Waals surface area contributed by atoms with Crippen molar-refractivity contribution >= 4 is 18.3 Å². The molecule has 0 spiro atoms. The van der Waals surface area contributed by atoms with Crippen LogP contribution in [0.5, 0.6) is 0 Å². The summed E-state index contributed by atoms with van der Waals surface area (Å²) in [5.74, 6) is 0.714. The lowest BCUT2D eigenvalue weighted by molar-refractivity contribution is -0.124. The van der Waals surface area contributed by atoms with Crippen LogP contribution in [0.2, 0.25) is 0 Å². The van der Waals surface area contributed by atoms with E-state index in [1.165, 1.54) is 5.56 Å². The smallest absolute Gasteiger partial charge is 0.223 e. The Hall–Kier alpha value is -1.06. The van der Waals surface area contributed by atoms with E-state index >= 15 is 0 Å². The molecule has 1 aliphatic carbocycles. The minimum absolute atomic E-state index is 0. The van der Waals surface area contributed by atoms with Crippen LogP contribution in [0.4, 0.5) is 0 Å². The molecule has 1 aromatic rings. The summed E-state index contributed by atoms with van der Waals surface area (Å²) in [6.45, 7) is 2.89. The van der Waals surface area contributed by atoms with Crippen LogP contribution in [0.1, 0.15) is 44.1 Å². The SMILES string of the molecule is CCC(CNC(=O)C1CCC(N)C1)c1ccccc1.Cl. The summed E-state index contributed by atoms with van der Waals surface area (Å²) in [5, 5.41) is 3.10. The number of hydrogen-bond donors (Lipinski definition) is 2. The molecule has 1 saturated carbocycles. The highest BCUT2D eigenvalue weighted by molar-refractivity contribution is 5.85. The second kappa shape index (κ2) is 8.28. The zero-order valence-electron chi connectivity index (χ0n) is 12.0. The Morgan fingerprint density at radius 2 is 2.05 bits per heavy atom. The molecule has 112 valence electrons. The Bertz CT molecular complexity index is 410. The molecule has 0 saturated heterocycles. The first-order valence-electron chi connectivity index (χ1n) is 7.29. The lowest BCUT2D eigenvalue weighted by Gasteiger charge is -2.18. The van der Waals surface area contributed by atoms with E-state index in [-0.39, 0.29) is 30.3 Å². The van der Waals surface area contributed by atoms with Crippen molar-refractivity contribution < 1.29 is 4.79 Å². The van der Waals surface area contributed by atoms with Gasteiger partial charge in [-0.05, 0) is 31.2 Å². The van der Waals surface area contributed by atoms with Crippen molar-refractivity contribution in [3.05, 3.63) is 35.9 Å². The van der Waals surface area contributed by atoms with Gasteiger partial charge in [0, 0.05) is 24.4 Å². The summed E-state index contributed by atoms with van der Waals surface area (Å²) >= 11 is 0. The van der Waals surface area contributed by atoms with E-state index in [9.17, 15) is 4.79 Å². The molecule has 3 N–H and O–H groups in total. The van der Waals surface area contributed by atoms with Gasteiger partial charge in [-0.2, -0.15) is 0 Å². The second-order valence-corrected chi connectivity index (χ2v) is 5.53. The highest BCUT2D eigenvalue weighted by Crippen LogP contribution is 2.24. The number of carbonyl (C=O) groups is 1. The van der Waals surface area contributed by atoms with Gasteiger partial charge in [0.05, 0.1) is 0 Å². The molecule has 3 unspecified atom stereocenters. The average molecular weight is 297 g/mol. The van der Waals surface area contributed by atoms with Gasteiger partial charge in [0.25, 0.3) is 0 Å². The largest absolute Gasteiger partial charge is 0.355 e. The molecule has 0 heterocycles. The minimum Gasteiger partial charge on any atom is -0.355 e. The molecule has 4 heteroatoms. The van der Waals surface area contributed by atoms with Gasteiger partial charge < -0.3 is 11.1 Å². The number of carbonyl (C=O) groups excluding carboxylic acids is 1. The summed E-state index contributed by atoms with van der Waals surface area (Å²) in [6.07, 6.45) is 3.80. The molecule has 20 heavy (non-hydrogen) atoms. The van der Waals surface area contributed by atoms with Gasteiger partial charge in [0.1, 0.15) is 0 Å². The highest BCUT2D eigenvalue weighted by atomic mass is 35.5. The maximum atomic E-state index is 12.1. The molecular weight excluding hydrogens is 272 g/mol. The lowest BCUT2D eigenvalue weighted by atomic mass is 9.96. The quantitative estimate of drug-likeness (QED) is 0.878. The zero-order valence-corrected chi connectivity index (χ0v) is 12.9. The van der Waals surface area contributed by atoms with Gasteiger partial charge in [-0.3, -0.25) is 4.79 Å². The molecule has 3 atom stereocenters. The third-order valence-electron chi connectivity index (χ3n) is 4.13. The molecule has 0 bridgehead atoms. The van der Waals surface area contributed by atoms with Crippen LogP contribution in [-0.4, -0.2) is 18.5 Å². The number of amides is 1. The van der Waals surface area contributed by atoms with E-state index in [2.05, 4.69) is 36.5 Å². The molecule has 1 fully saturated rings. The first-order valence-corrected chi connectivity index (χ1v) is 7.29. The van der Waals surface area contributed by atoms with Gasteiger partial charge in [-0.15, -0.1) is 12.4 Å². The molecule has 0 aliphatic heterocycles. The summed E-state index contributed by atoms with van der Waals surface area (Å²) in [5.41, 5.74) is 7.16. The number of benzene rings is 1. The van der Waals surface area contributed by atoms with Crippen LogP contribution in [0.25, 0.3) is 0 Å². The van der Waals surface area contributed by atoms with Gasteiger partial charge >= 0.3 is 0 Å². The summed E-state index contributed by atoms with van der Waals surface area (Å²) in [4.78, 5) is 12.1. The standard InChI is InChI=1S/C16H24N2O.ClH/c1-2-12(13-6-4-3-5-7-13)11-18-16(19)14-8-9-15(17)10-14;/h3-7,12,14-15H,2,8-11,17H2,1H3,(H,18,19);1H. The van der Waals surface area contributed by atoms with Crippen molar-refractivity contribution in [1.82, 2.24) is 5.32 Å². The molecular formula is C16H25ClN2O. The summed E-state index contributed by atoms with van der Waals surface area (Å²) < 4.78 is 0. The first kappa shape index (κ1) is 17.0. The number of nitrogens with one attached hydrogen (secondary N) is 1. The number of nitrogens with two attached hydrogens (primary N) is 1. The van der Waals surface area contributed by atoms with Crippen LogP contribution in [-0.2, 0) is 4.79 Å². The van der Waals surface area contributed by atoms with Gasteiger partial charge in [0.15, 0.2) is 0 Å². The number of hydrogen-bond acceptors (Lipinski definition) is 2. The minimum atomic E-state index is 0. The Labute approximate surface area is 127 Å². The van der Waals surface area contributed by atoms with Crippen LogP contribution in [0.3, 0.4) is 0 Å². The number of rotatable bonds is 5. The van der Waals surface area contributed by atoms with Crippen LogP contribution >= 0.6 is 12.4 Å². The van der Waals surface area contributed by atoms with E-state index in [0.29, 0.717) is 5.92 Å². The van der Waals surface area contributed by atoms with Crippen molar-refractivity contribution in [3.63, 3.8) is 0 Å². The van der Waals surface area contributed by atoms with Gasteiger partial charge in [0.2, 0.25) is 5.91 Å². The molecule has 0 radical (unpaired) electrons. The molecule has 2 rings (SSSR count).